The molecule has 7 heteroatoms. The van der Waals surface area contributed by atoms with Gasteiger partial charge in [0.15, 0.2) is 6.61 Å². The van der Waals surface area contributed by atoms with Crippen molar-refractivity contribution in [3.05, 3.63) is 94.8 Å². The summed E-state index contributed by atoms with van der Waals surface area (Å²) in [7, 11) is 1.58. The Balaban J connectivity index is 1.38. The highest BCUT2D eigenvalue weighted by atomic mass is 16.5. The molecule has 1 amide bonds. The lowest BCUT2D eigenvalue weighted by Gasteiger charge is -2.16. The van der Waals surface area contributed by atoms with Crippen LogP contribution in [0.25, 0.3) is 22.1 Å². The minimum absolute atomic E-state index is 0.171. The van der Waals surface area contributed by atoms with Crippen LogP contribution in [-0.2, 0) is 11.2 Å². The van der Waals surface area contributed by atoms with Crippen molar-refractivity contribution >= 4 is 16.9 Å². The summed E-state index contributed by atoms with van der Waals surface area (Å²) in [4.78, 5) is 24.7. The first-order chi connectivity index (χ1) is 16.6. The highest BCUT2D eigenvalue weighted by molar-refractivity contribution is 5.83. The fourth-order valence-electron chi connectivity index (χ4n) is 3.64. The first-order valence-corrected chi connectivity index (χ1v) is 10.8. The third-order valence-electron chi connectivity index (χ3n) is 5.39. The van der Waals surface area contributed by atoms with E-state index in [1.54, 1.807) is 55.6 Å². The lowest BCUT2D eigenvalue weighted by Crippen LogP contribution is -2.41. The lowest BCUT2D eigenvalue weighted by molar-refractivity contribution is -0.124. The molecule has 0 saturated heterocycles. The summed E-state index contributed by atoms with van der Waals surface area (Å²) in [5, 5.41) is 13.1. The molecule has 0 radical (unpaired) electrons. The van der Waals surface area contributed by atoms with Gasteiger partial charge in [-0.15, -0.1) is 0 Å². The molecule has 0 unspecified atom stereocenters. The monoisotopic (exact) mass is 459 g/mol. The molecule has 4 aromatic rings. The third kappa shape index (κ3) is 5.63. The van der Waals surface area contributed by atoms with Crippen LogP contribution in [0, 0.1) is 0 Å². The maximum Gasteiger partial charge on any atom is 0.344 e. The van der Waals surface area contributed by atoms with E-state index >= 15 is 0 Å². The minimum atomic E-state index is -0.445. The fraction of sp³-hybridized carbons (Fsp3) is 0.185. The Morgan fingerprint density at radius 1 is 1.00 bits per heavy atom. The molecule has 0 aliphatic carbocycles. The molecular weight excluding hydrogens is 434 g/mol. The van der Waals surface area contributed by atoms with Crippen LogP contribution in [0.1, 0.15) is 5.56 Å². The molecule has 0 fully saturated rings. The summed E-state index contributed by atoms with van der Waals surface area (Å²) in [6.07, 6.45) is 0.526. The Morgan fingerprint density at radius 2 is 1.74 bits per heavy atom. The van der Waals surface area contributed by atoms with E-state index in [0.717, 1.165) is 10.9 Å². The summed E-state index contributed by atoms with van der Waals surface area (Å²) in [6.45, 7) is -0.363. The zero-order chi connectivity index (χ0) is 23.9. The minimum Gasteiger partial charge on any atom is -0.497 e. The zero-order valence-electron chi connectivity index (χ0n) is 18.7. The fourth-order valence-corrected chi connectivity index (χ4v) is 3.64. The Kier molecular flexibility index (Phi) is 7.25. The quantitative estimate of drug-likeness (QED) is 0.372. The van der Waals surface area contributed by atoms with Crippen molar-refractivity contribution in [1.82, 2.24) is 5.32 Å². The number of carbonyl (C=O) groups is 1. The van der Waals surface area contributed by atoms with Gasteiger partial charge in [-0.3, -0.25) is 4.79 Å². The number of benzene rings is 3. The Bertz CT molecular complexity index is 1310. The topological polar surface area (TPSA) is 98.0 Å². The molecule has 34 heavy (non-hydrogen) atoms. The zero-order valence-corrected chi connectivity index (χ0v) is 18.7. The van der Waals surface area contributed by atoms with E-state index < -0.39 is 11.7 Å². The number of nitrogens with one attached hydrogen (secondary N) is 1. The summed E-state index contributed by atoms with van der Waals surface area (Å²) in [6, 6.07) is 23.1. The molecule has 174 valence electrons. The normalized spacial score (nSPS) is 11.7. The highest BCUT2D eigenvalue weighted by Gasteiger charge is 2.13. The van der Waals surface area contributed by atoms with Crippen molar-refractivity contribution in [1.29, 1.82) is 0 Å². The number of methoxy groups -OCH3 is 1. The van der Waals surface area contributed by atoms with Gasteiger partial charge < -0.3 is 24.3 Å². The standard InChI is InChI=1S/C27H25NO6/c1-32-23-11-12-25-20(14-23)15-24(27(31)34-25)19-7-9-22(10-8-19)33-17-26(30)28-21(16-29)13-18-5-3-2-4-6-18/h2-12,14-15,21,29H,13,16-17H2,1H3,(H,28,30)/t21-/m0/s1. The van der Waals surface area contributed by atoms with Gasteiger partial charge in [0.25, 0.3) is 5.91 Å². The number of hydrogen-bond donors (Lipinski definition) is 2. The number of rotatable bonds is 9. The van der Waals surface area contributed by atoms with Crippen LogP contribution in [0.2, 0.25) is 0 Å². The van der Waals surface area contributed by atoms with Crippen LogP contribution < -0.4 is 20.4 Å². The van der Waals surface area contributed by atoms with Crippen molar-refractivity contribution in [2.45, 2.75) is 12.5 Å². The molecule has 0 saturated carbocycles. The van der Waals surface area contributed by atoms with Gasteiger partial charge in [-0.2, -0.15) is 0 Å². The van der Waals surface area contributed by atoms with E-state index in [-0.39, 0.29) is 19.1 Å². The molecule has 2 N–H and O–H groups in total. The second kappa shape index (κ2) is 10.7. The molecule has 0 aliphatic heterocycles. The van der Waals surface area contributed by atoms with E-state index in [0.29, 0.717) is 34.6 Å². The van der Waals surface area contributed by atoms with E-state index in [1.807, 2.05) is 30.3 Å². The lowest BCUT2D eigenvalue weighted by atomic mass is 10.1. The van der Waals surface area contributed by atoms with Gasteiger partial charge in [-0.25, -0.2) is 4.79 Å². The number of carbonyl (C=O) groups excluding carboxylic acids is 1. The maximum absolute atomic E-state index is 12.4. The van der Waals surface area contributed by atoms with E-state index in [2.05, 4.69) is 5.32 Å². The van der Waals surface area contributed by atoms with Gasteiger partial charge in [0, 0.05) is 5.39 Å². The van der Waals surface area contributed by atoms with Crippen LogP contribution in [0.3, 0.4) is 0 Å². The van der Waals surface area contributed by atoms with E-state index in [9.17, 15) is 14.7 Å². The van der Waals surface area contributed by atoms with Crippen LogP contribution in [0.15, 0.2) is 88.1 Å². The maximum atomic E-state index is 12.4. The van der Waals surface area contributed by atoms with Gasteiger partial charge >= 0.3 is 5.63 Å². The number of aliphatic hydroxyl groups is 1. The Labute approximate surface area is 196 Å². The van der Waals surface area contributed by atoms with E-state index in [4.69, 9.17) is 13.9 Å². The predicted octanol–water partition coefficient (Wildman–Crippen LogP) is 3.57. The molecule has 4 rings (SSSR count). The average Bonchev–Trinajstić information content (AvgIpc) is 2.87. The van der Waals surface area contributed by atoms with E-state index in [1.165, 1.54) is 0 Å². The summed E-state index contributed by atoms with van der Waals surface area (Å²) in [5.41, 5.74) is 2.14. The second-order valence-electron chi connectivity index (χ2n) is 7.80. The Hall–Kier alpha value is -4.10. The second-order valence-corrected chi connectivity index (χ2v) is 7.80. The number of amides is 1. The number of ether oxygens (including phenoxy) is 2. The smallest absolute Gasteiger partial charge is 0.344 e. The average molecular weight is 459 g/mol. The first kappa shape index (κ1) is 23.1. The molecule has 1 heterocycles. The van der Waals surface area contributed by atoms with Crippen molar-refractivity contribution in [3.63, 3.8) is 0 Å². The molecule has 0 bridgehead atoms. The highest BCUT2D eigenvalue weighted by Crippen LogP contribution is 2.25. The first-order valence-electron chi connectivity index (χ1n) is 10.8. The van der Waals surface area contributed by atoms with Crippen molar-refractivity contribution in [2.24, 2.45) is 0 Å². The third-order valence-corrected chi connectivity index (χ3v) is 5.39. The summed E-state index contributed by atoms with van der Waals surface area (Å²) >= 11 is 0. The largest absolute Gasteiger partial charge is 0.497 e. The van der Waals surface area contributed by atoms with Gasteiger partial charge in [0.05, 0.1) is 25.3 Å². The number of hydrogen-bond acceptors (Lipinski definition) is 6. The van der Waals surface area contributed by atoms with Crippen molar-refractivity contribution in [3.8, 4) is 22.6 Å². The van der Waals surface area contributed by atoms with Crippen molar-refractivity contribution in [2.75, 3.05) is 20.3 Å². The molecule has 1 atom stereocenters. The SMILES string of the molecule is COc1ccc2oc(=O)c(-c3ccc(OCC(=O)N[C@H](CO)Cc4ccccc4)cc3)cc2c1. The van der Waals surface area contributed by atoms with Gasteiger partial charge in [-0.1, -0.05) is 42.5 Å². The van der Waals surface area contributed by atoms with Gasteiger partial charge in [-0.05, 0) is 53.9 Å². The molecule has 1 aromatic heterocycles. The predicted molar refractivity (Wildman–Crippen MR) is 129 cm³/mol. The van der Waals surface area contributed by atoms with Gasteiger partial charge in [0.1, 0.15) is 17.1 Å². The molecule has 0 spiro atoms. The van der Waals surface area contributed by atoms with Crippen LogP contribution in [0.4, 0.5) is 0 Å². The molecule has 7 nitrogen and oxygen atoms in total. The summed E-state index contributed by atoms with van der Waals surface area (Å²) < 4.78 is 16.2. The van der Waals surface area contributed by atoms with Crippen LogP contribution in [0.5, 0.6) is 11.5 Å². The Morgan fingerprint density at radius 3 is 2.44 bits per heavy atom. The molecule has 3 aromatic carbocycles. The molecular formula is C27H25NO6. The van der Waals surface area contributed by atoms with Crippen molar-refractivity contribution < 1.29 is 23.8 Å². The van der Waals surface area contributed by atoms with Crippen LogP contribution >= 0.6 is 0 Å². The summed E-state index contributed by atoms with van der Waals surface area (Å²) in [5.74, 6) is 0.819. The van der Waals surface area contributed by atoms with Crippen LogP contribution in [-0.4, -0.2) is 37.4 Å². The number of aliphatic hydroxyl groups excluding tert-OH is 1. The van der Waals surface area contributed by atoms with Gasteiger partial charge in [0.2, 0.25) is 0 Å². The molecule has 0 aliphatic rings. The number of fused-ring (bicyclic) bond motifs is 1.